The van der Waals surface area contributed by atoms with Gasteiger partial charge in [-0.2, -0.15) is 0 Å². The molecule has 0 radical (unpaired) electrons. The zero-order valence-corrected chi connectivity index (χ0v) is 20.4. The maximum atomic E-state index is 12.6. The average Bonchev–Trinajstić information content (AvgIpc) is 3.20. The molecule has 0 unspecified atom stereocenters. The van der Waals surface area contributed by atoms with Crippen molar-refractivity contribution in [2.75, 3.05) is 34.3 Å². The minimum Gasteiger partial charge on any atom is -0.494 e. The number of hydrogen-bond donors (Lipinski definition) is 2. The first kappa shape index (κ1) is 26.5. The van der Waals surface area contributed by atoms with E-state index in [1.54, 1.807) is 12.1 Å². The number of nitrogens with zero attached hydrogens (tertiary/aromatic N) is 1. The van der Waals surface area contributed by atoms with Gasteiger partial charge in [0.15, 0.2) is 5.76 Å². The van der Waals surface area contributed by atoms with Gasteiger partial charge < -0.3 is 24.1 Å². The van der Waals surface area contributed by atoms with Crippen LogP contribution >= 0.6 is 0 Å². The molecule has 0 saturated heterocycles. The number of nitrogens with one attached hydrogen (secondary N) is 1. The molecule has 33 heavy (non-hydrogen) atoms. The second-order valence-corrected chi connectivity index (χ2v) is 9.56. The van der Waals surface area contributed by atoms with Gasteiger partial charge in [-0.3, -0.25) is 9.59 Å². The van der Waals surface area contributed by atoms with E-state index in [9.17, 15) is 9.59 Å². The number of amides is 1. The molecule has 2 aromatic rings. The number of aryl methyl sites for hydroxylation is 2. The van der Waals surface area contributed by atoms with Gasteiger partial charge in [-0.1, -0.05) is 38.3 Å². The van der Waals surface area contributed by atoms with Gasteiger partial charge in [0.25, 0.3) is 5.91 Å². The number of hydrogen-bond acceptors (Lipinski definition) is 4. The molecular weight excluding hydrogens is 420 g/mol. The third-order valence-corrected chi connectivity index (χ3v) is 5.23. The first-order chi connectivity index (χ1) is 15.7. The molecule has 1 heterocycles. The maximum absolute atomic E-state index is 12.6. The van der Waals surface area contributed by atoms with Crippen LogP contribution in [0.1, 0.15) is 60.9 Å². The SMILES string of the molecule is CCCCCCOc1cccc(CCc2ccc(C(=O)N[C@H](CC(=O)O)C[N+](C)(C)C)o2)c1. The number of quaternary nitrogens is 1. The Kier molecular flexibility index (Phi) is 10.5. The molecule has 0 saturated carbocycles. The minimum atomic E-state index is -0.943. The van der Waals surface area contributed by atoms with Crippen LogP contribution < -0.4 is 10.1 Å². The summed E-state index contributed by atoms with van der Waals surface area (Å²) >= 11 is 0. The monoisotopic (exact) mass is 459 g/mol. The van der Waals surface area contributed by atoms with Crippen molar-refractivity contribution in [3.8, 4) is 5.75 Å². The second-order valence-electron chi connectivity index (χ2n) is 9.56. The van der Waals surface area contributed by atoms with Crippen LogP contribution in [0.15, 0.2) is 40.8 Å². The lowest BCUT2D eigenvalue weighted by molar-refractivity contribution is -0.871. The number of carbonyl (C=O) groups is 2. The highest BCUT2D eigenvalue weighted by Gasteiger charge is 2.24. The summed E-state index contributed by atoms with van der Waals surface area (Å²) in [5, 5.41) is 12.0. The molecule has 1 aromatic heterocycles. The molecular formula is C26H39N2O5+. The van der Waals surface area contributed by atoms with Gasteiger partial charge in [-0.15, -0.1) is 0 Å². The Hall–Kier alpha value is -2.80. The normalized spacial score (nSPS) is 12.4. The zero-order chi connectivity index (χ0) is 24.3. The van der Waals surface area contributed by atoms with Gasteiger partial charge in [-0.05, 0) is 42.7 Å². The third-order valence-electron chi connectivity index (χ3n) is 5.23. The summed E-state index contributed by atoms with van der Waals surface area (Å²) in [6, 6.07) is 11.0. The Bertz CT molecular complexity index is 885. The fourth-order valence-electron chi connectivity index (χ4n) is 3.70. The molecule has 0 aliphatic heterocycles. The third kappa shape index (κ3) is 10.6. The summed E-state index contributed by atoms with van der Waals surface area (Å²) in [5.74, 6) is 0.462. The Labute approximate surface area is 197 Å². The number of carboxylic acids is 1. The lowest BCUT2D eigenvalue weighted by Gasteiger charge is -2.28. The molecule has 7 nitrogen and oxygen atoms in total. The fraction of sp³-hybridized carbons (Fsp3) is 0.538. The minimum absolute atomic E-state index is 0.133. The maximum Gasteiger partial charge on any atom is 0.305 e. The van der Waals surface area contributed by atoms with Crippen molar-refractivity contribution in [1.29, 1.82) is 0 Å². The predicted molar refractivity (Wildman–Crippen MR) is 129 cm³/mol. The quantitative estimate of drug-likeness (QED) is 0.306. The Balaban J connectivity index is 1.88. The molecule has 1 aromatic carbocycles. The topological polar surface area (TPSA) is 88.8 Å². The Morgan fingerprint density at radius 1 is 1.09 bits per heavy atom. The summed E-state index contributed by atoms with van der Waals surface area (Å²) < 4.78 is 12.1. The van der Waals surface area contributed by atoms with Crippen molar-refractivity contribution in [2.45, 2.75) is 57.9 Å². The van der Waals surface area contributed by atoms with Gasteiger partial charge in [0, 0.05) is 6.42 Å². The van der Waals surface area contributed by atoms with E-state index < -0.39 is 12.0 Å². The average molecular weight is 460 g/mol. The van der Waals surface area contributed by atoms with Gasteiger partial charge >= 0.3 is 5.97 Å². The highest BCUT2D eigenvalue weighted by atomic mass is 16.5. The largest absolute Gasteiger partial charge is 0.494 e. The number of likely N-dealkylation sites (N-methyl/N-ethyl adjacent to an activating group) is 1. The number of carboxylic acid groups (broad SMARTS) is 1. The summed E-state index contributed by atoms with van der Waals surface area (Å²) in [5.41, 5.74) is 1.15. The number of furan rings is 1. The van der Waals surface area contributed by atoms with Crippen LogP contribution in [0.5, 0.6) is 5.75 Å². The molecule has 0 aliphatic carbocycles. The van der Waals surface area contributed by atoms with E-state index in [1.165, 1.54) is 19.3 Å². The standard InChI is InChI=1S/C26H38N2O5/c1-5-6-7-8-16-32-23-11-9-10-20(17-23)12-13-22-14-15-24(33-22)26(31)27-21(18-25(29)30)19-28(2,3)4/h9-11,14-15,17,21H,5-8,12-13,16,18-19H2,1-4H3,(H-,27,29,30,31)/p+1/t21-/m1/s1. The predicted octanol–water partition coefficient (Wildman–Crippen LogP) is 4.30. The molecule has 2 N–H and O–H groups in total. The first-order valence-corrected chi connectivity index (χ1v) is 11.8. The van der Waals surface area contributed by atoms with Crippen LogP contribution in [-0.4, -0.2) is 61.8 Å². The van der Waals surface area contributed by atoms with Crippen molar-refractivity contribution in [2.24, 2.45) is 0 Å². The van der Waals surface area contributed by atoms with E-state index in [2.05, 4.69) is 24.4 Å². The van der Waals surface area contributed by atoms with E-state index in [4.69, 9.17) is 14.3 Å². The smallest absolute Gasteiger partial charge is 0.305 e. The molecule has 0 bridgehead atoms. The van der Waals surface area contributed by atoms with Crippen LogP contribution in [0.2, 0.25) is 0 Å². The van der Waals surface area contributed by atoms with E-state index in [-0.39, 0.29) is 18.1 Å². The summed E-state index contributed by atoms with van der Waals surface area (Å²) in [4.78, 5) is 23.8. The number of ether oxygens (including phenoxy) is 1. The van der Waals surface area contributed by atoms with E-state index >= 15 is 0 Å². The van der Waals surface area contributed by atoms with Crippen LogP contribution in [0, 0.1) is 0 Å². The number of rotatable bonds is 15. The summed E-state index contributed by atoms with van der Waals surface area (Å²) in [7, 11) is 5.87. The molecule has 0 fully saturated rings. The lowest BCUT2D eigenvalue weighted by Crippen LogP contribution is -2.49. The number of benzene rings is 1. The summed E-state index contributed by atoms with van der Waals surface area (Å²) in [6.07, 6.45) is 6.00. The van der Waals surface area contributed by atoms with Crippen LogP contribution in [-0.2, 0) is 17.6 Å². The zero-order valence-electron chi connectivity index (χ0n) is 20.4. The highest BCUT2D eigenvalue weighted by molar-refractivity contribution is 5.92. The van der Waals surface area contributed by atoms with Gasteiger partial charge in [0.1, 0.15) is 11.5 Å². The van der Waals surface area contributed by atoms with Gasteiger partial charge in [0.05, 0.1) is 46.8 Å². The Morgan fingerprint density at radius 2 is 1.88 bits per heavy atom. The molecule has 7 heteroatoms. The van der Waals surface area contributed by atoms with Gasteiger partial charge in [-0.25, -0.2) is 0 Å². The van der Waals surface area contributed by atoms with Crippen molar-refractivity contribution < 1.29 is 28.3 Å². The van der Waals surface area contributed by atoms with Crippen molar-refractivity contribution in [1.82, 2.24) is 5.32 Å². The molecule has 0 aliphatic rings. The van der Waals surface area contributed by atoms with E-state index in [1.807, 2.05) is 33.3 Å². The highest BCUT2D eigenvalue weighted by Crippen LogP contribution is 2.17. The molecule has 2 rings (SSSR count). The van der Waals surface area contributed by atoms with Crippen molar-refractivity contribution >= 4 is 11.9 Å². The molecule has 0 spiro atoms. The molecule has 1 amide bonds. The van der Waals surface area contributed by atoms with E-state index in [0.717, 1.165) is 30.8 Å². The lowest BCUT2D eigenvalue weighted by atomic mass is 10.1. The number of unbranched alkanes of at least 4 members (excludes halogenated alkanes) is 3. The Morgan fingerprint density at radius 3 is 2.58 bits per heavy atom. The second kappa shape index (κ2) is 13.0. The summed E-state index contributed by atoms with van der Waals surface area (Å²) in [6.45, 7) is 3.43. The van der Waals surface area contributed by atoms with Crippen molar-refractivity contribution in [3.63, 3.8) is 0 Å². The fourth-order valence-corrected chi connectivity index (χ4v) is 3.70. The van der Waals surface area contributed by atoms with Crippen LogP contribution in [0.25, 0.3) is 0 Å². The van der Waals surface area contributed by atoms with Crippen LogP contribution in [0.3, 0.4) is 0 Å². The first-order valence-electron chi connectivity index (χ1n) is 11.8. The number of aliphatic carboxylic acids is 1. The number of carbonyl (C=O) groups excluding carboxylic acids is 1. The molecule has 182 valence electrons. The van der Waals surface area contributed by atoms with Crippen molar-refractivity contribution in [3.05, 3.63) is 53.5 Å². The van der Waals surface area contributed by atoms with Gasteiger partial charge in [0.2, 0.25) is 0 Å². The van der Waals surface area contributed by atoms with Crippen LogP contribution in [0.4, 0.5) is 0 Å². The van der Waals surface area contributed by atoms with E-state index in [0.29, 0.717) is 23.2 Å². The molecule has 1 atom stereocenters.